The lowest BCUT2D eigenvalue weighted by molar-refractivity contribution is -0.116. The molecule has 2 aromatic heterocycles. The van der Waals surface area contributed by atoms with Crippen molar-refractivity contribution in [1.82, 2.24) is 25.3 Å². The Labute approximate surface area is 200 Å². The van der Waals surface area contributed by atoms with Crippen molar-refractivity contribution < 1.29 is 24.0 Å². The molecule has 180 valence electrons. The van der Waals surface area contributed by atoms with Crippen LogP contribution in [0.4, 0.5) is 5.13 Å². The zero-order chi connectivity index (χ0) is 24.8. The fourth-order valence-electron chi connectivity index (χ4n) is 3.17. The molecule has 3 N–H and O–H groups in total. The number of benzene rings is 1. The summed E-state index contributed by atoms with van der Waals surface area (Å²) in [6.45, 7) is 3.91. The lowest BCUT2D eigenvalue weighted by Gasteiger charge is -2.20. The van der Waals surface area contributed by atoms with E-state index in [1.165, 1.54) is 0 Å². The van der Waals surface area contributed by atoms with Crippen molar-refractivity contribution in [3.8, 4) is 11.4 Å². The topological polar surface area (TPSA) is 151 Å². The number of hydrogen-bond acceptors (Lipinski definition) is 9. The third-order valence-electron chi connectivity index (χ3n) is 4.84. The standard InChI is InChI=1S/C22H26N6O5S/c1-12-18(21(31)32)34-22(23-12)26-17(29)11-16(8-9-28(3)4)25-20(30)15-7-5-6-14(10-15)19-24-13(2)33-27-19/h5-7,10,16H,8-9,11H2,1-4H3,(H,25,30)(H,31,32)(H,23,26,29)/t16-/m0/s1. The number of amides is 2. The van der Waals surface area contributed by atoms with Gasteiger partial charge in [0.25, 0.3) is 5.91 Å². The molecular formula is C22H26N6O5S. The lowest BCUT2D eigenvalue weighted by atomic mass is 10.1. The molecule has 1 atom stereocenters. The van der Waals surface area contributed by atoms with E-state index in [4.69, 9.17) is 4.52 Å². The van der Waals surface area contributed by atoms with Gasteiger partial charge in [0, 0.05) is 30.5 Å². The number of rotatable bonds is 10. The van der Waals surface area contributed by atoms with Crippen molar-refractivity contribution in [1.29, 1.82) is 0 Å². The summed E-state index contributed by atoms with van der Waals surface area (Å²) in [5.74, 6) is -0.992. The van der Waals surface area contributed by atoms with Crippen LogP contribution in [-0.2, 0) is 4.79 Å². The monoisotopic (exact) mass is 486 g/mol. The van der Waals surface area contributed by atoms with Gasteiger partial charge in [-0.05, 0) is 46.1 Å². The molecule has 2 heterocycles. The average molecular weight is 487 g/mol. The summed E-state index contributed by atoms with van der Waals surface area (Å²) in [7, 11) is 3.81. The van der Waals surface area contributed by atoms with Crippen LogP contribution in [0.2, 0.25) is 0 Å². The summed E-state index contributed by atoms with van der Waals surface area (Å²) >= 11 is 0.896. The number of aromatic nitrogens is 3. The van der Waals surface area contributed by atoms with Crippen LogP contribution in [0.5, 0.6) is 0 Å². The van der Waals surface area contributed by atoms with E-state index in [0.717, 1.165) is 11.3 Å². The summed E-state index contributed by atoms with van der Waals surface area (Å²) in [5, 5.41) is 18.8. The summed E-state index contributed by atoms with van der Waals surface area (Å²) in [6, 6.07) is 6.38. The van der Waals surface area contributed by atoms with Gasteiger partial charge in [0.05, 0.1) is 5.69 Å². The van der Waals surface area contributed by atoms with Gasteiger partial charge >= 0.3 is 5.97 Å². The number of hydrogen-bond donors (Lipinski definition) is 3. The zero-order valence-electron chi connectivity index (χ0n) is 19.3. The Morgan fingerprint density at radius 3 is 2.59 bits per heavy atom. The van der Waals surface area contributed by atoms with Gasteiger partial charge < -0.3 is 25.2 Å². The maximum atomic E-state index is 13.0. The van der Waals surface area contributed by atoms with Crippen LogP contribution in [0.25, 0.3) is 11.4 Å². The molecular weight excluding hydrogens is 460 g/mol. The quantitative estimate of drug-likeness (QED) is 0.393. The molecule has 0 radical (unpaired) electrons. The van der Waals surface area contributed by atoms with Crippen molar-refractivity contribution in [2.24, 2.45) is 0 Å². The molecule has 11 nitrogen and oxygen atoms in total. The second-order valence-electron chi connectivity index (χ2n) is 7.97. The van der Waals surface area contributed by atoms with Crippen molar-refractivity contribution in [2.75, 3.05) is 26.0 Å². The highest BCUT2D eigenvalue weighted by atomic mass is 32.1. The van der Waals surface area contributed by atoms with Gasteiger partial charge in [-0.3, -0.25) is 9.59 Å². The highest BCUT2D eigenvalue weighted by Gasteiger charge is 2.21. The van der Waals surface area contributed by atoms with E-state index in [1.807, 2.05) is 19.0 Å². The molecule has 0 aliphatic heterocycles. The zero-order valence-corrected chi connectivity index (χ0v) is 20.1. The Balaban J connectivity index is 1.69. The van der Waals surface area contributed by atoms with Crippen LogP contribution in [0.1, 0.15) is 44.5 Å². The Kier molecular flexibility index (Phi) is 8.08. The predicted octanol–water partition coefficient (Wildman–Crippen LogP) is 2.59. The average Bonchev–Trinajstić information content (AvgIpc) is 3.37. The Morgan fingerprint density at radius 1 is 1.21 bits per heavy atom. The summed E-state index contributed by atoms with van der Waals surface area (Å²) in [4.78, 5) is 47.1. The number of carboxylic acids is 1. The van der Waals surface area contributed by atoms with Gasteiger partial charge in [-0.25, -0.2) is 9.78 Å². The third-order valence-corrected chi connectivity index (χ3v) is 5.90. The van der Waals surface area contributed by atoms with E-state index in [0.29, 0.717) is 41.5 Å². The van der Waals surface area contributed by atoms with Crippen LogP contribution in [-0.4, -0.2) is 69.6 Å². The fraction of sp³-hybridized carbons (Fsp3) is 0.364. The summed E-state index contributed by atoms with van der Waals surface area (Å²) in [6.07, 6.45) is 0.539. The van der Waals surface area contributed by atoms with E-state index in [-0.39, 0.29) is 28.2 Å². The number of aromatic carboxylic acids is 1. The van der Waals surface area contributed by atoms with Crippen molar-refractivity contribution in [3.05, 3.63) is 46.3 Å². The number of thiazole rings is 1. The summed E-state index contributed by atoms with van der Waals surface area (Å²) in [5.41, 5.74) is 1.37. The molecule has 0 bridgehead atoms. The van der Waals surface area contributed by atoms with Gasteiger partial charge in [-0.2, -0.15) is 4.98 Å². The number of carbonyl (C=O) groups excluding carboxylic acids is 2. The second kappa shape index (κ2) is 11.0. The van der Waals surface area contributed by atoms with Gasteiger partial charge in [0.15, 0.2) is 5.13 Å². The smallest absolute Gasteiger partial charge is 0.347 e. The van der Waals surface area contributed by atoms with E-state index in [9.17, 15) is 19.5 Å². The van der Waals surface area contributed by atoms with Crippen LogP contribution in [0, 0.1) is 13.8 Å². The molecule has 0 unspecified atom stereocenters. The van der Waals surface area contributed by atoms with E-state index >= 15 is 0 Å². The van der Waals surface area contributed by atoms with Gasteiger partial charge in [-0.1, -0.05) is 28.6 Å². The van der Waals surface area contributed by atoms with Crippen molar-refractivity contribution >= 4 is 34.3 Å². The number of anilines is 1. The normalized spacial score (nSPS) is 11.9. The Hall–Kier alpha value is -3.64. The molecule has 0 fully saturated rings. The molecule has 0 saturated heterocycles. The predicted molar refractivity (Wildman–Crippen MR) is 126 cm³/mol. The third kappa shape index (κ3) is 6.68. The summed E-state index contributed by atoms with van der Waals surface area (Å²) < 4.78 is 5.01. The maximum absolute atomic E-state index is 13.0. The molecule has 34 heavy (non-hydrogen) atoms. The van der Waals surface area contributed by atoms with Crippen molar-refractivity contribution in [3.63, 3.8) is 0 Å². The minimum atomic E-state index is -1.09. The van der Waals surface area contributed by atoms with Crippen LogP contribution in [0.15, 0.2) is 28.8 Å². The minimum Gasteiger partial charge on any atom is -0.477 e. The molecule has 3 aromatic rings. The van der Waals surface area contributed by atoms with E-state index < -0.39 is 12.0 Å². The van der Waals surface area contributed by atoms with Gasteiger partial charge in [0.2, 0.25) is 17.6 Å². The molecule has 0 spiro atoms. The first-order valence-corrected chi connectivity index (χ1v) is 11.3. The first-order chi connectivity index (χ1) is 16.1. The molecule has 0 saturated carbocycles. The lowest BCUT2D eigenvalue weighted by Crippen LogP contribution is -2.39. The largest absolute Gasteiger partial charge is 0.477 e. The molecule has 1 aromatic carbocycles. The molecule has 2 amide bonds. The maximum Gasteiger partial charge on any atom is 0.347 e. The Bertz CT molecular complexity index is 1190. The number of nitrogens with zero attached hydrogens (tertiary/aromatic N) is 4. The fourth-order valence-corrected chi connectivity index (χ4v) is 3.99. The van der Waals surface area contributed by atoms with Crippen LogP contribution >= 0.6 is 11.3 Å². The first kappa shape index (κ1) is 25.0. The van der Waals surface area contributed by atoms with Gasteiger partial charge in [0.1, 0.15) is 4.88 Å². The minimum absolute atomic E-state index is 0.00431. The van der Waals surface area contributed by atoms with E-state index in [1.54, 1.807) is 38.1 Å². The highest BCUT2D eigenvalue weighted by molar-refractivity contribution is 7.17. The number of aryl methyl sites for hydroxylation is 2. The Morgan fingerprint density at radius 2 is 1.97 bits per heavy atom. The molecule has 12 heteroatoms. The molecule has 3 rings (SSSR count). The van der Waals surface area contributed by atoms with Crippen LogP contribution in [0.3, 0.4) is 0 Å². The van der Waals surface area contributed by atoms with E-state index in [2.05, 4.69) is 25.8 Å². The number of nitrogens with one attached hydrogen (secondary N) is 2. The first-order valence-electron chi connectivity index (χ1n) is 10.5. The molecule has 0 aliphatic carbocycles. The highest BCUT2D eigenvalue weighted by Crippen LogP contribution is 2.23. The molecule has 0 aliphatic rings. The SMILES string of the molecule is Cc1nc(-c2cccc(C(=O)N[C@@H](CCN(C)C)CC(=O)Nc3nc(C)c(C(=O)O)s3)c2)no1. The second-order valence-corrected chi connectivity index (χ2v) is 8.97. The van der Waals surface area contributed by atoms with Crippen LogP contribution < -0.4 is 10.6 Å². The number of carbonyl (C=O) groups is 3. The van der Waals surface area contributed by atoms with Crippen molar-refractivity contribution in [2.45, 2.75) is 32.7 Å². The number of carboxylic acid groups (broad SMARTS) is 1. The van der Waals surface area contributed by atoms with Gasteiger partial charge in [-0.15, -0.1) is 0 Å².